The van der Waals surface area contributed by atoms with Gasteiger partial charge in [-0.05, 0) is 54.8 Å². The summed E-state index contributed by atoms with van der Waals surface area (Å²) < 4.78 is 24.9. The normalized spacial score (nSPS) is 28.0. The Morgan fingerprint density at radius 1 is 1.29 bits per heavy atom. The van der Waals surface area contributed by atoms with Gasteiger partial charge in [0, 0.05) is 31.8 Å². The maximum absolute atomic E-state index is 14.6. The summed E-state index contributed by atoms with van der Waals surface area (Å²) in [6, 6.07) is 2.45. The van der Waals surface area contributed by atoms with E-state index in [-0.39, 0.29) is 11.5 Å². The summed E-state index contributed by atoms with van der Waals surface area (Å²) in [5, 5.41) is 10.5. The number of methoxy groups -OCH3 is 2. The number of allylic oxidation sites excluding steroid dienone is 3. The fourth-order valence-corrected chi connectivity index (χ4v) is 7.19. The van der Waals surface area contributed by atoms with Crippen molar-refractivity contribution in [3.63, 3.8) is 0 Å². The summed E-state index contributed by atoms with van der Waals surface area (Å²) in [6.45, 7) is 16.5. The van der Waals surface area contributed by atoms with Crippen molar-refractivity contribution in [3.05, 3.63) is 48.1 Å². The molecule has 2 fully saturated rings. The molecule has 218 valence electrons. The summed E-state index contributed by atoms with van der Waals surface area (Å²) in [4.78, 5) is 28.8. The van der Waals surface area contributed by atoms with Crippen LogP contribution in [0.2, 0.25) is 18.1 Å². The van der Waals surface area contributed by atoms with Crippen molar-refractivity contribution in [1.82, 2.24) is 0 Å². The number of epoxide rings is 1. The van der Waals surface area contributed by atoms with Crippen LogP contribution in [0.25, 0.3) is 0 Å². The Bertz CT molecular complexity index is 1420. The third-order valence-electron chi connectivity index (χ3n) is 9.20. The van der Waals surface area contributed by atoms with Crippen molar-refractivity contribution in [2.45, 2.75) is 81.7 Å². The van der Waals surface area contributed by atoms with E-state index in [1.807, 2.05) is 6.92 Å². The van der Waals surface area contributed by atoms with Crippen molar-refractivity contribution in [2.24, 2.45) is 5.92 Å². The smallest absolute Gasteiger partial charge is 0.413 e. The van der Waals surface area contributed by atoms with Crippen molar-refractivity contribution < 1.29 is 33.3 Å². The summed E-state index contributed by atoms with van der Waals surface area (Å²) in [5.41, 5.74) is -1.49. The fraction of sp³-hybridized carbons (Fsp3) is 0.500. The lowest BCUT2D eigenvalue weighted by Crippen LogP contribution is -2.66. The van der Waals surface area contributed by atoms with Crippen molar-refractivity contribution in [3.8, 4) is 29.9 Å². The Hall–Kier alpha value is -3.34. The summed E-state index contributed by atoms with van der Waals surface area (Å²) >= 11 is 0. The summed E-state index contributed by atoms with van der Waals surface area (Å²) in [5.74, 6) is 6.46. The SMILES string of the molecule is C#CC=CC#C[C@@H]1N(C(=O)O)c2ccc(O[Si](C)(C)C(C)(C)C)c(CC=C)c2[C@@]23O[C@@]12[C@@H](C)CC(OC)(OC)C3=O. The van der Waals surface area contributed by atoms with E-state index in [1.54, 1.807) is 18.2 Å². The molecule has 1 aromatic carbocycles. The van der Waals surface area contributed by atoms with E-state index < -0.39 is 49.1 Å². The highest BCUT2D eigenvalue weighted by atomic mass is 28.4. The molecule has 3 aliphatic rings. The second kappa shape index (κ2) is 10.2. The number of hydrogen-bond acceptors (Lipinski definition) is 6. The minimum absolute atomic E-state index is 0.109. The minimum atomic E-state index is -2.34. The van der Waals surface area contributed by atoms with E-state index >= 15 is 0 Å². The highest BCUT2D eigenvalue weighted by Gasteiger charge is 2.89. The number of benzene rings is 1. The summed E-state index contributed by atoms with van der Waals surface area (Å²) in [6.07, 6.45) is 9.20. The first-order chi connectivity index (χ1) is 19.2. The van der Waals surface area contributed by atoms with Gasteiger partial charge in [0.1, 0.15) is 17.4 Å². The molecular formula is C32H39NO7Si. The number of hydrogen-bond donors (Lipinski definition) is 1. The van der Waals surface area contributed by atoms with Crippen LogP contribution in [0.3, 0.4) is 0 Å². The van der Waals surface area contributed by atoms with Gasteiger partial charge in [-0.25, -0.2) is 4.79 Å². The second-order valence-electron chi connectivity index (χ2n) is 12.3. The lowest BCUT2D eigenvalue weighted by molar-refractivity contribution is -0.224. The molecule has 4 rings (SSSR count). The predicted molar refractivity (Wildman–Crippen MR) is 159 cm³/mol. The number of terminal acetylenes is 1. The predicted octanol–water partition coefficient (Wildman–Crippen LogP) is 5.42. The number of rotatable bonds is 6. The van der Waals surface area contributed by atoms with Gasteiger partial charge in [0.2, 0.25) is 19.9 Å². The van der Waals surface area contributed by atoms with Crippen molar-refractivity contribution in [2.75, 3.05) is 19.1 Å². The zero-order chi connectivity index (χ0) is 30.6. The molecular weight excluding hydrogens is 538 g/mol. The first-order valence-corrected chi connectivity index (χ1v) is 16.5. The Balaban J connectivity index is 2.10. The molecule has 1 amide bonds. The maximum atomic E-state index is 14.6. The summed E-state index contributed by atoms with van der Waals surface area (Å²) in [7, 11) is 0.512. The van der Waals surface area contributed by atoms with Gasteiger partial charge >= 0.3 is 6.09 Å². The standard InChI is InChI=1S/C32H39NO7Si/c1-11-13-14-15-17-25-31-21(3)20-30(37-7,38-8)27(34)32(31,40-31)26-22(16-12-2)24(39-41(9,10)29(4,5)6)19-18-23(26)33(25)28(35)36/h1,12-14,18-19,21,25H,2,16,20H2,3-10H3,(H,35,36)/t21-,25-,31-,32-/m0/s1. The van der Waals surface area contributed by atoms with Crippen LogP contribution in [0.4, 0.5) is 10.5 Å². The number of fused-ring (bicyclic) bond motifs is 1. The molecule has 1 saturated heterocycles. The quantitative estimate of drug-likeness (QED) is 0.159. The lowest BCUT2D eigenvalue weighted by Gasteiger charge is -2.48. The van der Waals surface area contributed by atoms with Gasteiger partial charge < -0.3 is 23.7 Å². The van der Waals surface area contributed by atoms with E-state index in [4.69, 9.17) is 25.1 Å². The fourth-order valence-electron chi connectivity index (χ4n) is 6.14. The third kappa shape index (κ3) is 4.18. The molecule has 1 N–H and O–H groups in total. The molecule has 9 heteroatoms. The molecule has 0 bridgehead atoms. The first-order valence-electron chi connectivity index (χ1n) is 13.6. The molecule has 1 aliphatic carbocycles. The van der Waals surface area contributed by atoms with Crippen LogP contribution >= 0.6 is 0 Å². The van der Waals surface area contributed by atoms with Crippen molar-refractivity contribution in [1.29, 1.82) is 0 Å². The van der Waals surface area contributed by atoms with Crippen LogP contribution in [-0.4, -0.2) is 57.0 Å². The van der Waals surface area contributed by atoms with E-state index in [1.165, 1.54) is 31.3 Å². The second-order valence-corrected chi connectivity index (χ2v) is 17.0. The number of ether oxygens (including phenoxy) is 3. The molecule has 2 heterocycles. The topological polar surface area (TPSA) is 97.8 Å². The first kappa shape index (κ1) is 30.6. The van der Waals surface area contributed by atoms with E-state index in [0.717, 1.165) is 0 Å². The molecule has 0 spiro atoms. The zero-order valence-electron chi connectivity index (χ0n) is 25.1. The van der Waals surface area contributed by atoms with Crippen LogP contribution in [-0.2, 0) is 31.0 Å². The molecule has 4 atom stereocenters. The van der Waals surface area contributed by atoms with Gasteiger partial charge in [-0.2, -0.15) is 0 Å². The monoisotopic (exact) mass is 577 g/mol. The molecule has 1 aromatic rings. The van der Waals surface area contributed by atoms with Crippen LogP contribution in [0.15, 0.2) is 36.9 Å². The number of ketones is 1. The largest absolute Gasteiger partial charge is 0.543 e. The zero-order valence-corrected chi connectivity index (χ0v) is 26.1. The number of carboxylic acid groups (broad SMARTS) is 1. The van der Waals surface area contributed by atoms with Crippen LogP contribution in [0.5, 0.6) is 5.75 Å². The van der Waals surface area contributed by atoms with Crippen LogP contribution in [0, 0.1) is 30.1 Å². The number of anilines is 1. The molecule has 2 aliphatic heterocycles. The molecule has 0 aromatic heterocycles. The van der Waals surface area contributed by atoms with Gasteiger partial charge in [0.05, 0.1) is 5.69 Å². The highest BCUT2D eigenvalue weighted by Crippen LogP contribution is 2.73. The van der Waals surface area contributed by atoms with Gasteiger partial charge in [-0.1, -0.05) is 51.5 Å². The lowest BCUT2D eigenvalue weighted by atomic mass is 9.61. The number of carbonyl (C=O) groups excluding carboxylic acids is 1. The molecule has 0 unspecified atom stereocenters. The number of carbonyl (C=O) groups is 2. The van der Waals surface area contributed by atoms with Gasteiger partial charge in [-0.15, -0.1) is 13.0 Å². The minimum Gasteiger partial charge on any atom is -0.543 e. The molecule has 8 nitrogen and oxygen atoms in total. The van der Waals surface area contributed by atoms with Gasteiger partial charge in [-0.3, -0.25) is 9.69 Å². The van der Waals surface area contributed by atoms with E-state index in [9.17, 15) is 14.7 Å². The Morgan fingerprint density at radius 3 is 2.49 bits per heavy atom. The maximum Gasteiger partial charge on any atom is 0.413 e. The number of amides is 1. The van der Waals surface area contributed by atoms with Crippen LogP contribution in [0.1, 0.15) is 45.2 Å². The van der Waals surface area contributed by atoms with Gasteiger partial charge in [0.15, 0.2) is 5.60 Å². The van der Waals surface area contributed by atoms with E-state index in [0.29, 0.717) is 29.0 Å². The average molecular weight is 578 g/mol. The highest BCUT2D eigenvalue weighted by molar-refractivity contribution is 6.74. The Labute approximate surface area is 243 Å². The van der Waals surface area contributed by atoms with Crippen LogP contribution < -0.4 is 9.33 Å². The van der Waals surface area contributed by atoms with Crippen molar-refractivity contribution >= 4 is 25.9 Å². The molecule has 1 saturated carbocycles. The molecule has 0 radical (unpaired) electrons. The van der Waals surface area contributed by atoms with Gasteiger partial charge in [0.25, 0.3) is 0 Å². The Morgan fingerprint density at radius 2 is 1.95 bits per heavy atom. The average Bonchev–Trinajstić information content (AvgIpc) is 3.62. The number of nitrogens with zero attached hydrogens (tertiary/aromatic N) is 1. The number of Topliss-reactive ketones (excluding diaryl/α,β-unsaturated/α-hetero) is 1. The van der Waals surface area contributed by atoms with E-state index in [2.05, 4.69) is 58.2 Å². The Kier molecular flexibility index (Phi) is 7.60. The third-order valence-corrected chi connectivity index (χ3v) is 13.5. The molecule has 41 heavy (non-hydrogen) atoms.